The molecule has 6 nitrogen and oxygen atoms in total. The minimum atomic E-state index is -0.267. The third kappa shape index (κ3) is 4.09. The molecule has 0 unspecified atom stereocenters. The van der Waals surface area contributed by atoms with Gasteiger partial charge in [0.05, 0.1) is 0 Å². The molecule has 1 saturated heterocycles. The summed E-state index contributed by atoms with van der Waals surface area (Å²) < 4.78 is 13.0. The molecule has 0 spiro atoms. The lowest BCUT2D eigenvalue weighted by Crippen LogP contribution is -2.46. The molecular formula is C17H19FN6S. The van der Waals surface area contributed by atoms with Crippen LogP contribution in [0.3, 0.4) is 0 Å². The predicted molar refractivity (Wildman–Crippen MR) is 94.4 cm³/mol. The molecule has 25 heavy (non-hydrogen) atoms. The molecule has 0 saturated carbocycles. The van der Waals surface area contributed by atoms with Crippen molar-refractivity contribution in [2.24, 2.45) is 0 Å². The van der Waals surface area contributed by atoms with Crippen LogP contribution in [0, 0.1) is 5.82 Å². The summed E-state index contributed by atoms with van der Waals surface area (Å²) in [7, 11) is 0. The number of benzene rings is 1. The Balaban J connectivity index is 1.31. The summed E-state index contributed by atoms with van der Waals surface area (Å²) in [4.78, 5) is 7.81. The number of aromatic nitrogens is 4. The molecule has 3 heterocycles. The number of thiophene rings is 1. The number of hydrogen-bond acceptors (Lipinski definition) is 6. The van der Waals surface area contributed by atoms with E-state index in [0.29, 0.717) is 12.5 Å². The zero-order chi connectivity index (χ0) is 17.1. The molecule has 4 rings (SSSR count). The van der Waals surface area contributed by atoms with Gasteiger partial charge in [-0.1, -0.05) is 6.07 Å². The molecule has 0 radical (unpaired) electrons. The summed E-state index contributed by atoms with van der Waals surface area (Å²) in [6.07, 6.45) is 0. The highest BCUT2D eigenvalue weighted by molar-refractivity contribution is 7.09. The van der Waals surface area contributed by atoms with Crippen LogP contribution in [0.2, 0.25) is 0 Å². The van der Waals surface area contributed by atoms with E-state index in [2.05, 4.69) is 42.7 Å². The average molecular weight is 358 g/mol. The first-order valence-electron chi connectivity index (χ1n) is 8.27. The summed E-state index contributed by atoms with van der Waals surface area (Å²) in [5.74, 6) is 0.257. The number of rotatable bonds is 5. The van der Waals surface area contributed by atoms with Crippen LogP contribution in [0.1, 0.15) is 4.88 Å². The van der Waals surface area contributed by atoms with Crippen molar-refractivity contribution in [3.8, 4) is 11.4 Å². The van der Waals surface area contributed by atoms with Crippen molar-refractivity contribution in [2.45, 2.75) is 13.2 Å². The summed E-state index contributed by atoms with van der Waals surface area (Å²) >= 11 is 1.81. The predicted octanol–water partition coefficient (Wildman–Crippen LogP) is 2.32. The molecule has 3 aromatic rings. The van der Waals surface area contributed by atoms with Gasteiger partial charge in [-0.3, -0.25) is 9.80 Å². The maximum atomic E-state index is 13.0. The van der Waals surface area contributed by atoms with Gasteiger partial charge >= 0.3 is 0 Å². The van der Waals surface area contributed by atoms with Crippen LogP contribution in [0.25, 0.3) is 11.4 Å². The summed E-state index contributed by atoms with van der Waals surface area (Å²) in [6.45, 7) is 5.70. The van der Waals surface area contributed by atoms with Crippen LogP contribution >= 0.6 is 11.3 Å². The number of hydrogen-bond donors (Lipinski definition) is 0. The molecule has 0 atom stereocenters. The first kappa shape index (κ1) is 16.3. The van der Waals surface area contributed by atoms with Crippen molar-refractivity contribution in [2.75, 3.05) is 26.2 Å². The number of nitrogens with zero attached hydrogens (tertiary/aromatic N) is 6. The van der Waals surface area contributed by atoms with E-state index in [1.807, 2.05) is 11.3 Å². The van der Waals surface area contributed by atoms with Crippen LogP contribution in [-0.4, -0.2) is 56.2 Å². The van der Waals surface area contributed by atoms with Gasteiger partial charge in [0.25, 0.3) is 0 Å². The van der Waals surface area contributed by atoms with Crippen LogP contribution in [0.4, 0.5) is 4.39 Å². The van der Waals surface area contributed by atoms with E-state index in [4.69, 9.17) is 0 Å². The molecule has 0 aliphatic carbocycles. The average Bonchev–Trinajstić information content (AvgIpc) is 3.29. The van der Waals surface area contributed by atoms with E-state index in [1.165, 1.54) is 17.0 Å². The second-order valence-corrected chi connectivity index (χ2v) is 7.14. The van der Waals surface area contributed by atoms with Gasteiger partial charge in [-0.15, -0.1) is 26.3 Å². The standard InChI is InChI=1S/C17H19FN6S/c18-15-5-3-14(4-6-15)17-19-21-24(20-17)13-23-9-7-22(8-10-23)12-16-2-1-11-25-16/h1-6,11H,7-10,12-13H2. The Bertz CT molecular complexity index is 793. The Morgan fingerprint density at radius 1 is 1.00 bits per heavy atom. The van der Waals surface area contributed by atoms with Gasteiger partial charge in [0.2, 0.25) is 5.82 Å². The Hall–Kier alpha value is -2.16. The fourth-order valence-electron chi connectivity index (χ4n) is 2.91. The van der Waals surface area contributed by atoms with Crippen LogP contribution in [0.5, 0.6) is 0 Å². The highest BCUT2D eigenvalue weighted by atomic mass is 32.1. The molecule has 1 aliphatic rings. The fourth-order valence-corrected chi connectivity index (χ4v) is 3.65. The Morgan fingerprint density at radius 3 is 2.48 bits per heavy atom. The molecule has 0 bridgehead atoms. The third-order valence-electron chi connectivity index (χ3n) is 4.31. The molecule has 1 aliphatic heterocycles. The molecule has 130 valence electrons. The van der Waals surface area contributed by atoms with Crippen molar-refractivity contribution in [1.82, 2.24) is 30.0 Å². The number of tetrazole rings is 1. The van der Waals surface area contributed by atoms with Gasteiger partial charge in [0.1, 0.15) is 12.5 Å². The highest BCUT2D eigenvalue weighted by Crippen LogP contribution is 2.15. The van der Waals surface area contributed by atoms with Gasteiger partial charge in [0.15, 0.2) is 0 Å². The SMILES string of the molecule is Fc1ccc(-c2nnn(CN3CCN(Cc4cccs4)CC3)n2)cc1. The van der Waals surface area contributed by atoms with E-state index in [9.17, 15) is 4.39 Å². The van der Waals surface area contributed by atoms with Crippen molar-refractivity contribution in [3.05, 3.63) is 52.5 Å². The summed E-state index contributed by atoms with van der Waals surface area (Å²) in [5, 5.41) is 14.7. The smallest absolute Gasteiger partial charge is 0.204 e. The van der Waals surface area contributed by atoms with Crippen LogP contribution in [0.15, 0.2) is 41.8 Å². The van der Waals surface area contributed by atoms with Gasteiger partial charge in [-0.05, 0) is 40.9 Å². The maximum Gasteiger partial charge on any atom is 0.204 e. The lowest BCUT2D eigenvalue weighted by atomic mass is 10.2. The second kappa shape index (κ2) is 7.38. The molecular weight excluding hydrogens is 339 g/mol. The largest absolute Gasteiger partial charge is 0.296 e. The number of halogens is 1. The first-order valence-corrected chi connectivity index (χ1v) is 9.15. The Labute approximate surface area is 149 Å². The normalized spacial score (nSPS) is 16.4. The molecule has 0 amide bonds. The third-order valence-corrected chi connectivity index (χ3v) is 5.17. The minimum Gasteiger partial charge on any atom is -0.296 e. The van der Waals surface area contributed by atoms with Gasteiger partial charge < -0.3 is 0 Å². The van der Waals surface area contributed by atoms with Crippen molar-refractivity contribution < 1.29 is 4.39 Å². The molecule has 1 aromatic carbocycles. The summed E-state index contributed by atoms with van der Waals surface area (Å²) in [6, 6.07) is 10.4. The van der Waals surface area contributed by atoms with Crippen molar-refractivity contribution in [3.63, 3.8) is 0 Å². The van der Waals surface area contributed by atoms with Crippen molar-refractivity contribution in [1.29, 1.82) is 0 Å². The van der Waals surface area contributed by atoms with Crippen molar-refractivity contribution >= 4 is 11.3 Å². The lowest BCUT2D eigenvalue weighted by Gasteiger charge is -2.33. The number of piperazine rings is 1. The van der Waals surface area contributed by atoms with Gasteiger partial charge in [-0.2, -0.15) is 0 Å². The zero-order valence-corrected chi connectivity index (χ0v) is 14.6. The fraction of sp³-hybridized carbons (Fsp3) is 0.353. The zero-order valence-electron chi connectivity index (χ0n) is 13.8. The lowest BCUT2D eigenvalue weighted by molar-refractivity contribution is 0.0936. The van der Waals surface area contributed by atoms with E-state index >= 15 is 0 Å². The summed E-state index contributed by atoms with van der Waals surface area (Å²) in [5.41, 5.74) is 0.772. The topological polar surface area (TPSA) is 50.1 Å². The van der Waals surface area contributed by atoms with Gasteiger partial charge in [-0.25, -0.2) is 4.39 Å². The molecule has 1 fully saturated rings. The molecule has 2 aromatic heterocycles. The highest BCUT2D eigenvalue weighted by Gasteiger charge is 2.18. The Kier molecular flexibility index (Phi) is 4.82. The first-order chi connectivity index (χ1) is 12.3. The van der Waals surface area contributed by atoms with E-state index in [1.54, 1.807) is 16.9 Å². The van der Waals surface area contributed by atoms with E-state index < -0.39 is 0 Å². The van der Waals surface area contributed by atoms with Gasteiger partial charge in [0, 0.05) is 43.2 Å². The molecule has 8 heteroatoms. The van der Waals surface area contributed by atoms with Crippen LogP contribution in [-0.2, 0) is 13.2 Å². The minimum absolute atomic E-state index is 0.267. The van der Waals surface area contributed by atoms with E-state index in [0.717, 1.165) is 38.3 Å². The Morgan fingerprint density at radius 2 is 1.76 bits per heavy atom. The van der Waals surface area contributed by atoms with Crippen LogP contribution < -0.4 is 0 Å². The monoisotopic (exact) mass is 358 g/mol. The maximum absolute atomic E-state index is 13.0. The quantitative estimate of drug-likeness (QED) is 0.701. The molecule has 0 N–H and O–H groups in total. The van der Waals surface area contributed by atoms with E-state index in [-0.39, 0.29) is 5.82 Å². The second-order valence-electron chi connectivity index (χ2n) is 6.11.